The van der Waals surface area contributed by atoms with Crippen LogP contribution in [-0.4, -0.2) is 17.3 Å². The molecule has 0 spiro atoms. The molecule has 1 aromatic rings. The molecule has 0 aliphatic rings. The maximum atomic E-state index is 10.0. The quantitative estimate of drug-likeness (QED) is 0.832. The summed E-state index contributed by atoms with van der Waals surface area (Å²) in [5.41, 5.74) is 6.95. The standard InChI is InChI=1S/C14H21Cl2NO/c1-3-4-13(17)14(18)5-9(2)10-6-11(15)8-12(16)7-10/h6-9,13-14,18H,3-5,17H2,1-2H3. The van der Waals surface area contributed by atoms with Crippen molar-refractivity contribution in [2.75, 3.05) is 0 Å². The number of halogens is 2. The predicted octanol–water partition coefficient (Wildman–Crippen LogP) is 3.98. The van der Waals surface area contributed by atoms with Gasteiger partial charge in [-0.05, 0) is 42.5 Å². The summed E-state index contributed by atoms with van der Waals surface area (Å²) >= 11 is 11.9. The number of rotatable bonds is 6. The van der Waals surface area contributed by atoms with Crippen LogP contribution < -0.4 is 5.73 Å². The van der Waals surface area contributed by atoms with Crippen molar-refractivity contribution in [2.45, 2.75) is 51.2 Å². The fraction of sp³-hybridized carbons (Fsp3) is 0.571. The average molecular weight is 290 g/mol. The third-order valence-corrected chi connectivity index (χ3v) is 3.60. The molecule has 0 aromatic heterocycles. The molecule has 0 amide bonds. The van der Waals surface area contributed by atoms with Crippen LogP contribution in [0.15, 0.2) is 18.2 Å². The molecule has 0 aliphatic carbocycles. The summed E-state index contributed by atoms with van der Waals surface area (Å²) in [7, 11) is 0. The minimum atomic E-state index is -0.488. The lowest BCUT2D eigenvalue weighted by molar-refractivity contribution is 0.124. The van der Waals surface area contributed by atoms with Gasteiger partial charge in [-0.25, -0.2) is 0 Å². The maximum absolute atomic E-state index is 10.0. The number of hydrogen-bond donors (Lipinski definition) is 2. The summed E-state index contributed by atoms with van der Waals surface area (Å²) in [4.78, 5) is 0. The van der Waals surface area contributed by atoms with Gasteiger partial charge in [0.25, 0.3) is 0 Å². The second-order valence-corrected chi connectivity index (χ2v) is 5.73. The average Bonchev–Trinajstić information content (AvgIpc) is 2.27. The van der Waals surface area contributed by atoms with E-state index in [9.17, 15) is 5.11 Å². The number of benzene rings is 1. The lowest BCUT2D eigenvalue weighted by Gasteiger charge is -2.22. The molecule has 0 bridgehead atoms. The highest BCUT2D eigenvalue weighted by Gasteiger charge is 2.18. The number of nitrogens with two attached hydrogens (primary N) is 1. The van der Waals surface area contributed by atoms with E-state index in [1.165, 1.54) is 0 Å². The molecule has 3 N–H and O–H groups in total. The van der Waals surface area contributed by atoms with Crippen molar-refractivity contribution in [3.05, 3.63) is 33.8 Å². The van der Waals surface area contributed by atoms with Gasteiger partial charge in [-0.2, -0.15) is 0 Å². The first-order valence-electron chi connectivity index (χ1n) is 6.33. The predicted molar refractivity (Wildman–Crippen MR) is 78.4 cm³/mol. The molecular weight excluding hydrogens is 269 g/mol. The molecule has 4 heteroatoms. The minimum absolute atomic E-state index is 0.160. The van der Waals surface area contributed by atoms with Crippen LogP contribution in [0.25, 0.3) is 0 Å². The Labute approximate surface area is 119 Å². The van der Waals surface area contributed by atoms with Crippen LogP contribution in [0.1, 0.15) is 44.6 Å². The van der Waals surface area contributed by atoms with E-state index in [0.717, 1.165) is 18.4 Å². The van der Waals surface area contributed by atoms with E-state index in [1.807, 2.05) is 19.1 Å². The van der Waals surface area contributed by atoms with E-state index in [-0.39, 0.29) is 12.0 Å². The van der Waals surface area contributed by atoms with Crippen molar-refractivity contribution in [3.8, 4) is 0 Å². The number of aliphatic hydroxyl groups excluding tert-OH is 1. The van der Waals surface area contributed by atoms with Gasteiger partial charge >= 0.3 is 0 Å². The van der Waals surface area contributed by atoms with Crippen LogP contribution in [0.5, 0.6) is 0 Å². The first-order chi connectivity index (χ1) is 8.43. The van der Waals surface area contributed by atoms with Crippen LogP contribution in [0.2, 0.25) is 10.0 Å². The van der Waals surface area contributed by atoms with E-state index >= 15 is 0 Å². The first kappa shape index (κ1) is 15.8. The van der Waals surface area contributed by atoms with Gasteiger partial charge in [0, 0.05) is 16.1 Å². The molecule has 3 atom stereocenters. The molecule has 0 saturated heterocycles. The molecule has 0 radical (unpaired) electrons. The Bertz CT molecular complexity index is 364. The minimum Gasteiger partial charge on any atom is -0.391 e. The van der Waals surface area contributed by atoms with Crippen LogP contribution in [-0.2, 0) is 0 Å². The summed E-state index contributed by atoms with van der Waals surface area (Å²) in [6, 6.07) is 5.32. The molecule has 0 saturated carbocycles. The zero-order valence-corrected chi connectivity index (χ0v) is 12.4. The molecule has 0 fully saturated rings. The van der Waals surface area contributed by atoms with E-state index in [1.54, 1.807) is 6.07 Å². The molecule has 1 aromatic carbocycles. The maximum Gasteiger partial charge on any atom is 0.0696 e. The topological polar surface area (TPSA) is 46.2 Å². The van der Waals surface area contributed by atoms with Gasteiger partial charge in [-0.1, -0.05) is 43.5 Å². The van der Waals surface area contributed by atoms with Gasteiger partial charge in [-0.3, -0.25) is 0 Å². The summed E-state index contributed by atoms with van der Waals surface area (Å²) in [5, 5.41) is 11.3. The highest BCUT2D eigenvalue weighted by molar-refractivity contribution is 6.34. The lowest BCUT2D eigenvalue weighted by Crippen LogP contribution is -2.35. The Hall–Kier alpha value is -0.280. The van der Waals surface area contributed by atoms with Gasteiger partial charge in [0.05, 0.1) is 6.10 Å². The SMILES string of the molecule is CCCC(N)C(O)CC(C)c1cc(Cl)cc(Cl)c1. The Balaban J connectivity index is 2.66. The second-order valence-electron chi connectivity index (χ2n) is 4.86. The number of aliphatic hydroxyl groups is 1. The largest absolute Gasteiger partial charge is 0.391 e. The fourth-order valence-electron chi connectivity index (χ4n) is 2.06. The highest BCUT2D eigenvalue weighted by atomic mass is 35.5. The Kier molecular flexibility index (Phi) is 6.44. The Morgan fingerprint density at radius 2 is 1.78 bits per heavy atom. The van der Waals surface area contributed by atoms with Gasteiger partial charge < -0.3 is 10.8 Å². The van der Waals surface area contributed by atoms with Crippen LogP contribution in [0.3, 0.4) is 0 Å². The second kappa shape index (κ2) is 7.34. The summed E-state index contributed by atoms with van der Waals surface area (Å²) in [6.45, 7) is 4.11. The highest BCUT2D eigenvalue weighted by Crippen LogP contribution is 2.28. The molecule has 1 rings (SSSR count). The molecule has 18 heavy (non-hydrogen) atoms. The molecule has 0 aliphatic heterocycles. The van der Waals surface area contributed by atoms with Crippen molar-refractivity contribution in [3.63, 3.8) is 0 Å². The van der Waals surface area contributed by atoms with Crippen molar-refractivity contribution in [1.29, 1.82) is 0 Å². The van der Waals surface area contributed by atoms with Gasteiger partial charge in [-0.15, -0.1) is 0 Å². The van der Waals surface area contributed by atoms with E-state index in [4.69, 9.17) is 28.9 Å². The molecule has 2 nitrogen and oxygen atoms in total. The van der Waals surface area contributed by atoms with Gasteiger partial charge in [0.2, 0.25) is 0 Å². The van der Waals surface area contributed by atoms with Crippen LogP contribution in [0, 0.1) is 0 Å². The van der Waals surface area contributed by atoms with E-state index in [2.05, 4.69) is 6.92 Å². The van der Waals surface area contributed by atoms with Crippen molar-refractivity contribution in [2.24, 2.45) is 5.73 Å². The van der Waals surface area contributed by atoms with E-state index in [0.29, 0.717) is 16.5 Å². The molecule has 102 valence electrons. The normalized spacial score (nSPS) is 16.3. The van der Waals surface area contributed by atoms with Crippen LogP contribution >= 0.6 is 23.2 Å². The zero-order valence-electron chi connectivity index (χ0n) is 10.9. The zero-order chi connectivity index (χ0) is 13.7. The molecular formula is C14H21Cl2NO. The summed E-state index contributed by atoms with van der Waals surface area (Å²) in [6.07, 6.45) is 1.95. The Morgan fingerprint density at radius 1 is 1.22 bits per heavy atom. The third kappa shape index (κ3) is 4.77. The van der Waals surface area contributed by atoms with Crippen molar-refractivity contribution >= 4 is 23.2 Å². The van der Waals surface area contributed by atoms with Gasteiger partial charge in [0.15, 0.2) is 0 Å². The third-order valence-electron chi connectivity index (χ3n) is 3.17. The first-order valence-corrected chi connectivity index (χ1v) is 7.09. The van der Waals surface area contributed by atoms with Crippen molar-refractivity contribution in [1.82, 2.24) is 0 Å². The summed E-state index contributed by atoms with van der Waals surface area (Å²) < 4.78 is 0. The van der Waals surface area contributed by atoms with Crippen molar-refractivity contribution < 1.29 is 5.11 Å². The smallest absolute Gasteiger partial charge is 0.0696 e. The Morgan fingerprint density at radius 3 is 2.28 bits per heavy atom. The summed E-state index contributed by atoms with van der Waals surface area (Å²) in [5.74, 6) is 0.180. The van der Waals surface area contributed by atoms with E-state index < -0.39 is 6.10 Å². The molecule has 3 unspecified atom stereocenters. The monoisotopic (exact) mass is 289 g/mol. The number of hydrogen-bond acceptors (Lipinski definition) is 2. The fourth-order valence-corrected chi connectivity index (χ4v) is 2.60. The molecule has 0 heterocycles. The van der Waals surface area contributed by atoms with Crippen LogP contribution in [0.4, 0.5) is 0 Å². The lowest BCUT2D eigenvalue weighted by atomic mass is 9.91. The van der Waals surface area contributed by atoms with Gasteiger partial charge in [0.1, 0.15) is 0 Å².